The number of hydrogen-bond acceptors (Lipinski definition) is 5. The highest BCUT2D eigenvalue weighted by atomic mass is 16.2. The lowest BCUT2D eigenvalue weighted by Crippen LogP contribution is -2.39. The Balaban J connectivity index is 2.45. The van der Waals surface area contributed by atoms with Crippen molar-refractivity contribution in [2.45, 2.75) is 13.5 Å². The number of rotatable bonds is 4. The van der Waals surface area contributed by atoms with Gasteiger partial charge in [0.1, 0.15) is 11.9 Å². The Kier molecular flexibility index (Phi) is 5.08. The Morgan fingerprint density at radius 2 is 1.96 bits per heavy atom. The van der Waals surface area contributed by atoms with Crippen LogP contribution in [0.5, 0.6) is 0 Å². The fourth-order valence-corrected chi connectivity index (χ4v) is 2.36. The van der Waals surface area contributed by atoms with Crippen LogP contribution in [0.3, 0.4) is 0 Å². The van der Waals surface area contributed by atoms with Crippen LogP contribution in [-0.2, 0) is 25.4 Å². The van der Waals surface area contributed by atoms with Crippen LogP contribution >= 0.6 is 0 Å². The zero-order valence-electron chi connectivity index (χ0n) is 14.5. The molecule has 130 valence electrons. The average Bonchev–Trinajstić information content (AvgIpc) is 2.58. The van der Waals surface area contributed by atoms with Crippen molar-refractivity contribution in [2.75, 3.05) is 12.4 Å². The SMILES string of the molecule is CC(=O)N(C)Cc1cccc(Nc2c(C#N)c(=O)n(C)c(=O)n2C)c1. The highest BCUT2D eigenvalue weighted by Gasteiger charge is 2.15. The van der Waals surface area contributed by atoms with E-state index in [9.17, 15) is 19.6 Å². The molecular formula is C17H19N5O3. The van der Waals surface area contributed by atoms with Crippen molar-refractivity contribution in [3.8, 4) is 6.07 Å². The third kappa shape index (κ3) is 3.61. The lowest BCUT2D eigenvalue weighted by Gasteiger charge is -2.17. The summed E-state index contributed by atoms with van der Waals surface area (Å²) in [6.07, 6.45) is 0. The van der Waals surface area contributed by atoms with Crippen LogP contribution in [-0.4, -0.2) is 27.0 Å². The molecule has 25 heavy (non-hydrogen) atoms. The molecule has 2 rings (SSSR count). The predicted molar refractivity (Wildman–Crippen MR) is 93.5 cm³/mol. The predicted octanol–water partition coefficient (Wildman–Crippen LogP) is 0.678. The minimum absolute atomic E-state index is 0.0564. The molecule has 0 aliphatic heterocycles. The van der Waals surface area contributed by atoms with Crippen molar-refractivity contribution in [1.29, 1.82) is 5.26 Å². The maximum atomic E-state index is 12.1. The van der Waals surface area contributed by atoms with Crippen LogP contribution < -0.4 is 16.6 Å². The van der Waals surface area contributed by atoms with Gasteiger partial charge in [-0.15, -0.1) is 0 Å². The lowest BCUT2D eigenvalue weighted by molar-refractivity contribution is -0.128. The maximum Gasteiger partial charge on any atom is 0.332 e. The zero-order valence-corrected chi connectivity index (χ0v) is 14.5. The monoisotopic (exact) mass is 341 g/mol. The highest BCUT2D eigenvalue weighted by Crippen LogP contribution is 2.18. The normalized spacial score (nSPS) is 10.2. The molecule has 0 spiro atoms. The summed E-state index contributed by atoms with van der Waals surface area (Å²) in [5.74, 6) is 0.0757. The summed E-state index contributed by atoms with van der Waals surface area (Å²) in [6, 6.07) is 9.04. The van der Waals surface area contributed by atoms with Crippen LogP contribution in [0.1, 0.15) is 18.1 Å². The van der Waals surface area contributed by atoms with Gasteiger partial charge in [0, 0.05) is 40.3 Å². The first-order valence-electron chi connectivity index (χ1n) is 7.54. The fourth-order valence-electron chi connectivity index (χ4n) is 2.36. The van der Waals surface area contributed by atoms with E-state index < -0.39 is 11.2 Å². The van der Waals surface area contributed by atoms with Crippen molar-refractivity contribution in [2.24, 2.45) is 14.1 Å². The number of anilines is 2. The van der Waals surface area contributed by atoms with Gasteiger partial charge in [-0.25, -0.2) is 4.79 Å². The minimum atomic E-state index is -0.652. The van der Waals surface area contributed by atoms with Gasteiger partial charge in [0.05, 0.1) is 0 Å². The van der Waals surface area contributed by atoms with Gasteiger partial charge in [-0.05, 0) is 17.7 Å². The molecule has 1 aromatic carbocycles. The lowest BCUT2D eigenvalue weighted by atomic mass is 10.2. The summed E-state index contributed by atoms with van der Waals surface area (Å²) >= 11 is 0. The third-order valence-corrected chi connectivity index (χ3v) is 3.92. The maximum absolute atomic E-state index is 12.1. The molecule has 0 bridgehead atoms. The molecule has 2 aromatic rings. The Morgan fingerprint density at radius 1 is 1.28 bits per heavy atom. The van der Waals surface area contributed by atoms with Crippen molar-refractivity contribution in [1.82, 2.24) is 14.0 Å². The molecule has 0 atom stereocenters. The summed E-state index contributed by atoms with van der Waals surface area (Å²) in [7, 11) is 4.51. The second-order valence-corrected chi connectivity index (χ2v) is 5.74. The van der Waals surface area contributed by atoms with E-state index >= 15 is 0 Å². The van der Waals surface area contributed by atoms with E-state index in [-0.39, 0.29) is 17.3 Å². The van der Waals surface area contributed by atoms with E-state index in [4.69, 9.17) is 0 Å². The van der Waals surface area contributed by atoms with E-state index in [0.717, 1.165) is 10.1 Å². The first-order chi connectivity index (χ1) is 11.8. The Labute approximate surface area is 144 Å². The Morgan fingerprint density at radius 3 is 2.56 bits per heavy atom. The number of carbonyl (C=O) groups excluding carboxylic acids is 1. The van der Waals surface area contributed by atoms with Gasteiger partial charge in [-0.3, -0.25) is 18.7 Å². The Hall–Kier alpha value is -3.34. The van der Waals surface area contributed by atoms with Gasteiger partial charge in [0.25, 0.3) is 5.56 Å². The van der Waals surface area contributed by atoms with E-state index in [0.29, 0.717) is 12.2 Å². The van der Waals surface area contributed by atoms with Crippen LogP contribution in [0.2, 0.25) is 0 Å². The topological polar surface area (TPSA) is 100 Å². The molecule has 0 unspecified atom stereocenters. The summed E-state index contributed by atoms with van der Waals surface area (Å²) in [4.78, 5) is 37.1. The standard InChI is InChI=1S/C17H19N5O3/c1-11(23)20(2)10-12-6-5-7-13(8-12)19-15-14(9-18)16(24)22(4)17(25)21(15)3/h5-8,19H,10H2,1-4H3. The van der Waals surface area contributed by atoms with Crippen LogP contribution in [0.4, 0.5) is 11.5 Å². The molecule has 1 amide bonds. The number of benzene rings is 1. The number of carbonyl (C=O) groups is 1. The third-order valence-electron chi connectivity index (χ3n) is 3.92. The average molecular weight is 341 g/mol. The molecule has 1 heterocycles. The first-order valence-corrected chi connectivity index (χ1v) is 7.54. The molecule has 0 aliphatic rings. The summed E-state index contributed by atoms with van der Waals surface area (Å²) in [6.45, 7) is 1.91. The molecule has 8 nitrogen and oxygen atoms in total. The smallest absolute Gasteiger partial charge is 0.332 e. The summed E-state index contributed by atoms with van der Waals surface area (Å²) in [5, 5.41) is 12.3. The molecule has 1 N–H and O–H groups in total. The van der Waals surface area contributed by atoms with Gasteiger partial charge in [0.15, 0.2) is 5.56 Å². The molecule has 0 saturated carbocycles. The second-order valence-electron chi connectivity index (χ2n) is 5.74. The van der Waals surface area contributed by atoms with Gasteiger partial charge < -0.3 is 10.2 Å². The number of hydrogen-bond donors (Lipinski definition) is 1. The van der Waals surface area contributed by atoms with Crippen molar-refractivity contribution in [3.63, 3.8) is 0 Å². The molecule has 0 aliphatic carbocycles. The van der Waals surface area contributed by atoms with E-state index in [1.807, 2.05) is 12.1 Å². The van der Waals surface area contributed by atoms with Crippen molar-refractivity contribution in [3.05, 3.63) is 56.2 Å². The Bertz CT molecular complexity index is 981. The number of nitrogens with zero attached hydrogens (tertiary/aromatic N) is 4. The zero-order chi connectivity index (χ0) is 18.7. The molecular weight excluding hydrogens is 322 g/mol. The first kappa shape index (κ1) is 18.0. The van der Waals surface area contributed by atoms with Gasteiger partial charge in [-0.2, -0.15) is 5.26 Å². The quantitative estimate of drug-likeness (QED) is 0.881. The van der Waals surface area contributed by atoms with E-state index in [1.54, 1.807) is 30.1 Å². The van der Waals surface area contributed by atoms with Gasteiger partial charge in [0.2, 0.25) is 5.91 Å². The molecule has 0 radical (unpaired) electrons. The van der Waals surface area contributed by atoms with Gasteiger partial charge in [-0.1, -0.05) is 12.1 Å². The number of nitrogens with one attached hydrogen (secondary N) is 1. The molecule has 8 heteroatoms. The van der Waals surface area contributed by atoms with E-state index in [2.05, 4.69) is 5.32 Å². The number of amides is 1. The van der Waals surface area contributed by atoms with Crippen LogP contribution in [0.15, 0.2) is 33.9 Å². The molecule has 0 fully saturated rings. The highest BCUT2D eigenvalue weighted by molar-refractivity contribution is 5.73. The summed E-state index contributed by atoms with van der Waals surface area (Å²) in [5.41, 5.74) is 0.152. The summed E-state index contributed by atoms with van der Waals surface area (Å²) < 4.78 is 2.11. The van der Waals surface area contributed by atoms with E-state index in [1.165, 1.54) is 25.6 Å². The minimum Gasteiger partial charge on any atom is -0.342 e. The second kappa shape index (κ2) is 7.05. The van der Waals surface area contributed by atoms with Gasteiger partial charge >= 0.3 is 5.69 Å². The number of aromatic nitrogens is 2. The van der Waals surface area contributed by atoms with Crippen LogP contribution in [0.25, 0.3) is 0 Å². The fraction of sp³-hybridized carbons (Fsp3) is 0.294. The molecule has 0 saturated heterocycles. The largest absolute Gasteiger partial charge is 0.342 e. The van der Waals surface area contributed by atoms with Crippen molar-refractivity contribution < 1.29 is 4.79 Å². The molecule has 1 aromatic heterocycles. The number of nitriles is 1. The van der Waals surface area contributed by atoms with Crippen LogP contribution in [0, 0.1) is 11.3 Å². The van der Waals surface area contributed by atoms with Crippen molar-refractivity contribution >= 4 is 17.4 Å².